The molecule has 1 aliphatic carbocycles. The fourth-order valence-electron chi connectivity index (χ4n) is 2.98. The SMILES string of the molecule is O=C(COc1ccc(C(=O)Nc2ccc(F)cc2)cc1)OC1CCCCC1. The first kappa shape index (κ1) is 18.9. The third-order valence-corrected chi connectivity index (χ3v) is 4.43. The molecule has 0 atom stereocenters. The zero-order valence-corrected chi connectivity index (χ0v) is 14.9. The summed E-state index contributed by atoms with van der Waals surface area (Å²) in [7, 11) is 0. The van der Waals surface area contributed by atoms with Gasteiger partial charge in [-0.3, -0.25) is 4.79 Å². The molecule has 1 fully saturated rings. The first-order valence-electron chi connectivity index (χ1n) is 9.09. The van der Waals surface area contributed by atoms with Gasteiger partial charge >= 0.3 is 5.97 Å². The predicted octanol–water partition coefficient (Wildman–Crippen LogP) is 4.33. The van der Waals surface area contributed by atoms with Gasteiger partial charge in [0.2, 0.25) is 0 Å². The Labute approximate surface area is 157 Å². The number of ether oxygens (including phenoxy) is 2. The second-order valence-electron chi connectivity index (χ2n) is 6.52. The van der Waals surface area contributed by atoms with Crippen LogP contribution in [0.15, 0.2) is 48.5 Å². The summed E-state index contributed by atoms with van der Waals surface area (Å²) in [4.78, 5) is 24.0. The number of hydrogen-bond acceptors (Lipinski definition) is 4. The summed E-state index contributed by atoms with van der Waals surface area (Å²) in [6.45, 7) is -0.155. The quantitative estimate of drug-likeness (QED) is 0.768. The molecule has 1 N–H and O–H groups in total. The highest BCUT2D eigenvalue weighted by molar-refractivity contribution is 6.04. The molecule has 2 aromatic carbocycles. The number of amides is 1. The minimum Gasteiger partial charge on any atom is -0.482 e. The van der Waals surface area contributed by atoms with Crippen molar-refractivity contribution >= 4 is 17.6 Å². The summed E-state index contributed by atoms with van der Waals surface area (Å²) in [5.74, 6) is -0.574. The second kappa shape index (κ2) is 9.16. The van der Waals surface area contributed by atoms with Gasteiger partial charge in [-0.2, -0.15) is 0 Å². The van der Waals surface area contributed by atoms with Crippen LogP contribution < -0.4 is 10.1 Å². The van der Waals surface area contributed by atoms with Crippen LogP contribution in [-0.2, 0) is 9.53 Å². The summed E-state index contributed by atoms with van der Waals surface area (Å²) < 4.78 is 23.7. The van der Waals surface area contributed by atoms with Gasteiger partial charge in [0.15, 0.2) is 6.61 Å². The Hall–Kier alpha value is -2.89. The van der Waals surface area contributed by atoms with Gasteiger partial charge in [-0.05, 0) is 74.2 Å². The van der Waals surface area contributed by atoms with Crippen LogP contribution >= 0.6 is 0 Å². The van der Waals surface area contributed by atoms with Gasteiger partial charge in [0.05, 0.1) is 0 Å². The van der Waals surface area contributed by atoms with E-state index in [2.05, 4.69) is 5.32 Å². The minimum absolute atomic E-state index is 0.00684. The van der Waals surface area contributed by atoms with Crippen LogP contribution in [0, 0.1) is 5.82 Å². The van der Waals surface area contributed by atoms with E-state index in [1.165, 1.54) is 30.7 Å². The summed E-state index contributed by atoms with van der Waals surface area (Å²) in [5, 5.41) is 2.68. The van der Waals surface area contributed by atoms with E-state index < -0.39 is 0 Å². The number of carbonyl (C=O) groups is 2. The van der Waals surface area contributed by atoms with E-state index in [1.54, 1.807) is 24.3 Å². The minimum atomic E-state index is -0.375. The van der Waals surface area contributed by atoms with E-state index >= 15 is 0 Å². The topological polar surface area (TPSA) is 64.6 Å². The Morgan fingerprint density at radius 2 is 1.63 bits per heavy atom. The molecule has 2 aromatic rings. The number of benzene rings is 2. The molecule has 3 rings (SSSR count). The van der Waals surface area contributed by atoms with Crippen LogP contribution in [0.25, 0.3) is 0 Å². The molecule has 1 saturated carbocycles. The number of anilines is 1. The molecule has 0 aliphatic heterocycles. The van der Waals surface area contributed by atoms with E-state index in [0.29, 0.717) is 17.0 Å². The standard InChI is InChI=1S/C21H22FNO4/c22-16-8-10-17(11-9-16)23-21(25)15-6-12-18(13-7-15)26-14-20(24)27-19-4-2-1-3-5-19/h6-13,19H,1-5,14H2,(H,23,25). The molecule has 6 heteroatoms. The molecule has 142 valence electrons. The van der Waals surface area contributed by atoms with Crippen molar-refractivity contribution in [2.24, 2.45) is 0 Å². The third-order valence-electron chi connectivity index (χ3n) is 4.43. The van der Waals surface area contributed by atoms with Crippen molar-refractivity contribution < 1.29 is 23.5 Å². The molecule has 0 heterocycles. The van der Waals surface area contributed by atoms with Crippen LogP contribution in [0.5, 0.6) is 5.75 Å². The molecule has 5 nitrogen and oxygen atoms in total. The Morgan fingerprint density at radius 3 is 2.30 bits per heavy atom. The summed E-state index contributed by atoms with van der Waals surface area (Å²) in [6.07, 6.45) is 5.24. The Morgan fingerprint density at radius 1 is 0.963 bits per heavy atom. The predicted molar refractivity (Wildman–Crippen MR) is 99.3 cm³/mol. The molecule has 0 spiro atoms. The summed E-state index contributed by atoms with van der Waals surface area (Å²) in [5.41, 5.74) is 0.934. The molecule has 0 bridgehead atoms. The Balaban J connectivity index is 1.47. The fourth-order valence-corrected chi connectivity index (χ4v) is 2.98. The van der Waals surface area contributed by atoms with Crippen molar-refractivity contribution in [1.29, 1.82) is 0 Å². The zero-order chi connectivity index (χ0) is 19.1. The molecular weight excluding hydrogens is 349 g/mol. The average molecular weight is 371 g/mol. The molecule has 1 amide bonds. The number of esters is 1. The highest BCUT2D eigenvalue weighted by Crippen LogP contribution is 2.20. The lowest BCUT2D eigenvalue weighted by Gasteiger charge is -2.21. The van der Waals surface area contributed by atoms with Crippen molar-refractivity contribution in [3.8, 4) is 5.75 Å². The largest absolute Gasteiger partial charge is 0.482 e. The number of carbonyl (C=O) groups excluding carboxylic acids is 2. The highest BCUT2D eigenvalue weighted by Gasteiger charge is 2.18. The first-order chi connectivity index (χ1) is 13.1. The van der Waals surface area contributed by atoms with Crippen LogP contribution in [0.2, 0.25) is 0 Å². The Bertz CT molecular complexity index is 768. The summed E-state index contributed by atoms with van der Waals surface area (Å²) in [6, 6.07) is 12.0. The van der Waals surface area contributed by atoms with Gasteiger partial charge in [-0.25, -0.2) is 9.18 Å². The van der Waals surface area contributed by atoms with Gasteiger partial charge in [-0.15, -0.1) is 0 Å². The van der Waals surface area contributed by atoms with Crippen molar-refractivity contribution in [2.45, 2.75) is 38.2 Å². The monoisotopic (exact) mass is 371 g/mol. The van der Waals surface area contributed by atoms with Crippen molar-refractivity contribution in [2.75, 3.05) is 11.9 Å². The third kappa shape index (κ3) is 5.81. The smallest absolute Gasteiger partial charge is 0.344 e. The van der Waals surface area contributed by atoms with Crippen LogP contribution in [0.4, 0.5) is 10.1 Å². The maximum absolute atomic E-state index is 12.9. The summed E-state index contributed by atoms with van der Waals surface area (Å²) >= 11 is 0. The maximum atomic E-state index is 12.9. The van der Waals surface area contributed by atoms with Gasteiger partial charge < -0.3 is 14.8 Å². The number of hydrogen-bond donors (Lipinski definition) is 1. The molecule has 1 aliphatic rings. The van der Waals surface area contributed by atoms with E-state index in [4.69, 9.17) is 9.47 Å². The van der Waals surface area contributed by atoms with Gasteiger partial charge in [0.25, 0.3) is 5.91 Å². The molecule has 0 saturated heterocycles. The van der Waals surface area contributed by atoms with Gasteiger partial charge in [0.1, 0.15) is 17.7 Å². The average Bonchev–Trinajstić information content (AvgIpc) is 2.69. The molecule has 0 aromatic heterocycles. The number of rotatable bonds is 6. The van der Waals surface area contributed by atoms with Crippen LogP contribution in [0.1, 0.15) is 42.5 Å². The molecule has 0 unspecified atom stereocenters. The van der Waals surface area contributed by atoms with Crippen LogP contribution in [0.3, 0.4) is 0 Å². The first-order valence-corrected chi connectivity index (χ1v) is 9.09. The maximum Gasteiger partial charge on any atom is 0.344 e. The second-order valence-corrected chi connectivity index (χ2v) is 6.52. The van der Waals surface area contributed by atoms with Crippen LogP contribution in [-0.4, -0.2) is 24.6 Å². The fraction of sp³-hybridized carbons (Fsp3) is 0.333. The van der Waals surface area contributed by atoms with E-state index in [0.717, 1.165) is 25.7 Å². The van der Waals surface area contributed by atoms with Gasteiger partial charge in [-0.1, -0.05) is 6.42 Å². The normalized spacial score (nSPS) is 14.4. The lowest BCUT2D eigenvalue weighted by molar-refractivity contribution is -0.152. The van der Waals surface area contributed by atoms with E-state index in [1.807, 2.05) is 0 Å². The van der Waals surface area contributed by atoms with E-state index in [-0.39, 0.29) is 30.4 Å². The van der Waals surface area contributed by atoms with Crippen molar-refractivity contribution in [3.63, 3.8) is 0 Å². The highest BCUT2D eigenvalue weighted by atomic mass is 19.1. The van der Waals surface area contributed by atoms with Crippen molar-refractivity contribution in [1.82, 2.24) is 0 Å². The molecular formula is C21H22FNO4. The van der Waals surface area contributed by atoms with E-state index in [9.17, 15) is 14.0 Å². The number of halogens is 1. The molecule has 0 radical (unpaired) electrons. The lowest BCUT2D eigenvalue weighted by atomic mass is 9.98. The lowest BCUT2D eigenvalue weighted by Crippen LogP contribution is -2.24. The van der Waals surface area contributed by atoms with Gasteiger partial charge in [0, 0.05) is 11.3 Å². The number of nitrogens with one attached hydrogen (secondary N) is 1. The Kier molecular flexibility index (Phi) is 6.41. The zero-order valence-electron chi connectivity index (χ0n) is 14.9. The van der Waals surface area contributed by atoms with Crippen molar-refractivity contribution in [3.05, 3.63) is 59.9 Å². The molecule has 27 heavy (non-hydrogen) atoms.